The van der Waals surface area contributed by atoms with Crippen molar-refractivity contribution in [3.63, 3.8) is 0 Å². The molecule has 3 rings (SSSR count). The molecule has 0 saturated heterocycles. The molecule has 0 saturated carbocycles. The second kappa shape index (κ2) is 11.0. The number of carbonyl (C=O) groups is 2. The molecule has 2 N–H and O–H groups in total. The number of thiazole rings is 1. The van der Waals surface area contributed by atoms with E-state index in [0.29, 0.717) is 22.1 Å². The summed E-state index contributed by atoms with van der Waals surface area (Å²) in [7, 11) is -2.32. The first-order valence-electron chi connectivity index (χ1n) is 9.88. The number of para-hydroxylation sites is 2. The van der Waals surface area contributed by atoms with Gasteiger partial charge in [-0.1, -0.05) is 30.3 Å². The zero-order valence-corrected chi connectivity index (χ0v) is 19.6. The number of anilines is 1. The average Bonchev–Trinajstić information content (AvgIpc) is 3.25. The van der Waals surface area contributed by atoms with Crippen molar-refractivity contribution in [1.82, 2.24) is 9.71 Å². The molecule has 0 aliphatic carbocycles. The molecule has 0 radical (unpaired) electrons. The van der Waals surface area contributed by atoms with Crippen LogP contribution in [-0.2, 0) is 37.4 Å². The molecule has 1 atom stereocenters. The molecule has 1 heterocycles. The molecular formula is C22H23N3O6S2. The Kier molecular flexibility index (Phi) is 8.15. The number of carbonyl (C=O) groups excluding carboxylic acids is 2. The third kappa shape index (κ3) is 6.85. The van der Waals surface area contributed by atoms with Crippen LogP contribution in [0.1, 0.15) is 17.6 Å². The number of esters is 1. The number of rotatable bonds is 10. The summed E-state index contributed by atoms with van der Waals surface area (Å²) in [5.74, 6) is -0.450. The highest BCUT2D eigenvalue weighted by atomic mass is 32.2. The van der Waals surface area contributed by atoms with Gasteiger partial charge in [0.1, 0.15) is 23.4 Å². The van der Waals surface area contributed by atoms with Crippen LogP contribution in [0.3, 0.4) is 0 Å². The number of hydrogen-bond donors (Lipinski definition) is 2. The lowest BCUT2D eigenvalue weighted by Crippen LogP contribution is -2.39. The Morgan fingerprint density at radius 2 is 1.79 bits per heavy atom. The van der Waals surface area contributed by atoms with Gasteiger partial charge in [-0.15, -0.1) is 11.3 Å². The molecule has 2 aromatic carbocycles. The zero-order valence-electron chi connectivity index (χ0n) is 18.0. The number of nitrogens with zero attached hydrogens (tertiary/aromatic N) is 1. The highest BCUT2D eigenvalue weighted by Gasteiger charge is 2.23. The van der Waals surface area contributed by atoms with Crippen molar-refractivity contribution in [3.05, 3.63) is 70.7 Å². The fourth-order valence-electron chi connectivity index (χ4n) is 2.79. The number of hydrogen-bond acceptors (Lipinski definition) is 8. The van der Waals surface area contributed by atoms with Crippen LogP contribution in [-0.4, -0.2) is 38.4 Å². The molecule has 11 heteroatoms. The molecule has 1 amide bonds. The van der Waals surface area contributed by atoms with Gasteiger partial charge in [0, 0.05) is 5.38 Å². The molecular weight excluding hydrogens is 466 g/mol. The minimum Gasteiger partial charge on any atom is -0.495 e. The van der Waals surface area contributed by atoms with Crippen molar-refractivity contribution in [1.29, 1.82) is 0 Å². The maximum absolute atomic E-state index is 12.3. The number of aromatic nitrogens is 1. The molecule has 3 aromatic rings. The first kappa shape index (κ1) is 24.4. The van der Waals surface area contributed by atoms with Gasteiger partial charge < -0.3 is 14.8 Å². The van der Waals surface area contributed by atoms with E-state index in [0.717, 1.165) is 0 Å². The first-order valence-corrected chi connectivity index (χ1v) is 12.2. The lowest BCUT2D eigenvalue weighted by molar-refractivity contribution is -0.146. The topological polar surface area (TPSA) is 124 Å². The van der Waals surface area contributed by atoms with Crippen LogP contribution in [0.25, 0.3) is 0 Å². The molecule has 0 bridgehead atoms. The number of benzene rings is 2. The van der Waals surface area contributed by atoms with Gasteiger partial charge in [-0.05, 0) is 31.2 Å². The Hall–Kier alpha value is -3.28. The normalized spacial score (nSPS) is 12.1. The molecule has 0 unspecified atom stereocenters. The Morgan fingerprint density at radius 1 is 1.09 bits per heavy atom. The summed E-state index contributed by atoms with van der Waals surface area (Å²) in [6.45, 7) is 1.26. The third-order valence-corrected chi connectivity index (χ3v) is 6.85. The van der Waals surface area contributed by atoms with Gasteiger partial charge in [-0.25, -0.2) is 13.4 Å². The Morgan fingerprint density at radius 3 is 2.52 bits per heavy atom. The van der Waals surface area contributed by atoms with Crippen LogP contribution in [0.4, 0.5) is 5.69 Å². The molecule has 0 spiro atoms. The van der Waals surface area contributed by atoms with Gasteiger partial charge in [-0.2, -0.15) is 4.72 Å². The summed E-state index contributed by atoms with van der Waals surface area (Å²) in [6, 6.07) is 13.7. The second-order valence-corrected chi connectivity index (χ2v) is 9.58. The van der Waals surface area contributed by atoms with E-state index in [9.17, 15) is 18.0 Å². The van der Waals surface area contributed by atoms with Gasteiger partial charge >= 0.3 is 5.97 Å². The van der Waals surface area contributed by atoms with Crippen molar-refractivity contribution in [2.24, 2.45) is 0 Å². The summed E-state index contributed by atoms with van der Waals surface area (Å²) >= 11 is 1.26. The van der Waals surface area contributed by atoms with Crippen molar-refractivity contribution in [2.75, 3.05) is 12.4 Å². The lowest BCUT2D eigenvalue weighted by atomic mass is 10.3. The molecule has 174 valence electrons. The quantitative estimate of drug-likeness (QED) is 0.420. The van der Waals surface area contributed by atoms with Crippen LogP contribution in [0.2, 0.25) is 0 Å². The molecule has 0 aliphatic heterocycles. The van der Waals surface area contributed by atoms with E-state index in [4.69, 9.17) is 9.47 Å². The maximum Gasteiger partial charge on any atom is 0.324 e. The maximum atomic E-state index is 12.3. The highest BCUT2D eigenvalue weighted by Crippen LogP contribution is 2.23. The predicted molar refractivity (Wildman–Crippen MR) is 123 cm³/mol. The highest BCUT2D eigenvalue weighted by molar-refractivity contribution is 7.89. The van der Waals surface area contributed by atoms with Crippen molar-refractivity contribution < 1.29 is 27.5 Å². The average molecular weight is 490 g/mol. The summed E-state index contributed by atoms with van der Waals surface area (Å²) in [5, 5.41) is 5.00. The molecule has 9 nitrogen and oxygen atoms in total. The monoisotopic (exact) mass is 489 g/mol. The fourth-order valence-corrected chi connectivity index (χ4v) is 4.79. The van der Waals surface area contributed by atoms with Crippen LogP contribution < -0.4 is 14.8 Å². The lowest BCUT2D eigenvalue weighted by Gasteiger charge is -2.13. The first-order chi connectivity index (χ1) is 15.8. The van der Waals surface area contributed by atoms with Crippen molar-refractivity contribution >= 4 is 38.9 Å². The van der Waals surface area contributed by atoms with Crippen LogP contribution in [0.15, 0.2) is 64.9 Å². The van der Waals surface area contributed by atoms with Gasteiger partial charge in [-0.3, -0.25) is 9.59 Å². The third-order valence-electron chi connectivity index (χ3n) is 4.39. The smallest absolute Gasteiger partial charge is 0.324 e. The van der Waals surface area contributed by atoms with Gasteiger partial charge in [0.05, 0.1) is 29.8 Å². The minimum absolute atomic E-state index is 0.0456. The minimum atomic E-state index is -3.85. The van der Waals surface area contributed by atoms with Gasteiger partial charge in [0.2, 0.25) is 15.9 Å². The predicted octanol–water partition coefficient (Wildman–Crippen LogP) is 2.74. The zero-order chi connectivity index (χ0) is 23.8. The molecule has 0 fully saturated rings. The number of sulfonamides is 1. The van der Waals surface area contributed by atoms with Gasteiger partial charge in [0.15, 0.2) is 0 Å². The number of methoxy groups -OCH3 is 1. The Balaban J connectivity index is 1.50. The summed E-state index contributed by atoms with van der Waals surface area (Å²) in [5.41, 5.74) is 1.02. The van der Waals surface area contributed by atoms with E-state index in [1.807, 2.05) is 0 Å². The number of nitrogens with one attached hydrogen (secondary N) is 2. The summed E-state index contributed by atoms with van der Waals surface area (Å²) in [4.78, 5) is 28.9. The largest absolute Gasteiger partial charge is 0.495 e. The summed E-state index contributed by atoms with van der Waals surface area (Å²) < 4.78 is 37.3. The van der Waals surface area contributed by atoms with E-state index in [1.54, 1.807) is 47.8 Å². The van der Waals surface area contributed by atoms with E-state index in [1.165, 1.54) is 37.5 Å². The Bertz CT molecular complexity index is 1210. The fraction of sp³-hybridized carbons (Fsp3) is 0.227. The van der Waals surface area contributed by atoms with Crippen molar-refractivity contribution in [2.45, 2.75) is 30.9 Å². The van der Waals surface area contributed by atoms with Crippen molar-refractivity contribution in [3.8, 4) is 5.75 Å². The second-order valence-electron chi connectivity index (χ2n) is 6.92. The van der Waals surface area contributed by atoms with E-state index >= 15 is 0 Å². The molecule has 1 aromatic heterocycles. The van der Waals surface area contributed by atoms with Crippen LogP contribution in [0.5, 0.6) is 5.75 Å². The standard InChI is InChI=1S/C22H23N3O6S2/c1-15(25-33(28,29)17-8-4-3-5-9-17)22(27)31-13-16-14-32-21(23-16)12-20(26)24-18-10-6-7-11-19(18)30-2/h3-11,14-15,25H,12-13H2,1-2H3,(H,24,26)/t15-/m0/s1. The van der Waals surface area contributed by atoms with E-state index in [2.05, 4.69) is 15.0 Å². The van der Waals surface area contributed by atoms with Gasteiger partial charge in [0.25, 0.3) is 0 Å². The SMILES string of the molecule is COc1ccccc1NC(=O)Cc1nc(COC(=O)[C@H](C)NS(=O)(=O)c2ccccc2)cs1. The molecule has 33 heavy (non-hydrogen) atoms. The molecule has 0 aliphatic rings. The van der Waals surface area contributed by atoms with Crippen LogP contribution in [0, 0.1) is 0 Å². The number of ether oxygens (including phenoxy) is 2. The van der Waals surface area contributed by atoms with E-state index in [-0.39, 0.29) is 23.8 Å². The Labute approximate surface area is 195 Å². The summed E-state index contributed by atoms with van der Waals surface area (Å²) in [6.07, 6.45) is 0.0456. The van der Waals surface area contributed by atoms with E-state index < -0.39 is 22.0 Å². The van der Waals surface area contributed by atoms with Crippen LogP contribution >= 0.6 is 11.3 Å². The number of amides is 1.